The summed E-state index contributed by atoms with van der Waals surface area (Å²) in [4.78, 5) is 14.7. The summed E-state index contributed by atoms with van der Waals surface area (Å²) in [5.41, 5.74) is 2.06. The molecule has 0 saturated carbocycles. The molecule has 0 saturated heterocycles. The van der Waals surface area contributed by atoms with Crippen molar-refractivity contribution in [2.45, 2.75) is 42.1 Å². The number of nitrogens with one attached hydrogen (secondary N) is 1. The van der Waals surface area contributed by atoms with Gasteiger partial charge in [0.2, 0.25) is 11.0 Å². The summed E-state index contributed by atoms with van der Waals surface area (Å²) in [5, 5.41) is 9.41. The van der Waals surface area contributed by atoms with Crippen LogP contribution >= 0.6 is 23.1 Å². The van der Waals surface area contributed by atoms with E-state index in [1.54, 1.807) is 11.8 Å². The monoisotopic (exact) mass is 402 g/mol. The summed E-state index contributed by atoms with van der Waals surface area (Å²) in [6.07, 6.45) is -3.51. The fourth-order valence-electron chi connectivity index (χ4n) is 2.80. The number of fused-ring (bicyclic) bond motifs is 1. The largest absolute Gasteiger partial charge is 0.405 e. The van der Waals surface area contributed by atoms with Gasteiger partial charge in [-0.25, -0.2) is 0 Å². The highest BCUT2D eigenvalue weighted by atomic mass is 32.2. The zero-order valence-electron chi connectivity index (χ0n) is 14.1. The molecular weight excluding hydrogens is 385 g/mol. The van der Waals surface area contributed by atoms with Crippen molar-refractivity contribution >= 4 is 39.8 Å². The van der Waals surface area contributed by atoms with Crippen molar-refractivity contribution in [3.63, 3.8) is 0 Å². The molecule has 1 aliphatic heterocycles. The highest BCUT2D eigenvalue weighted by molar-refractivity contribution is 8.02. The number of alkyl halides is 3. The van der Waals surface area contributed by atoms with Crippen molar-refractivity contribution in [3.8, 4) is 0 Å². The lowest BCUT2D eigenvalue weighted by atomic mass is 10.1. The first-order valence-electron chi connectivity index (χ1n) is 7.96. The Labute approximate surface area is 157 Å². The molecule has 1 N–H and O–H groups in total. The molecule has 5 nitrogen and oxygen atoms in total. The van der Waals surface area contributed by atoms with Crippen LogP contribution in [0.15, 0.2) is 28.6 Å². The molecule has 2 aromatic rings. The van der Waals surface area contributed by atoms with E-state index in [-0.39, 0.29) is 17.1 Å². The van der Waals surface area contributed by atoms with Crippen LogP contribution in [-0.4, -0.2) is 40.1 Å². The zero-order chi connectivity index (χ0) is 18.9. The molecule has 2 unspecified atom stereocenters. The normalized spacial score (nSPS) is 17.9. The van der Waals surface area contributed by atoms with Gasteiger partial charge in [0.15, 0.2) is 4.34 Å². The average molecular weight is 402 g/mol. The molecule has 26 heavy (non-hydrogen) atoms. The lowest BCUT2D eigenvalue weighted by Crippen LogP contribution is -2.40. The molecular formula is C16H17F3N4OS2. The first-order chi connectivity index (χ1) is 12.2. The van der Waals surface area contributed by atoms with E-state index in [1.807, 2.05) is 31.2 Å². The van der Waals surface area contributed by atoms with Crippen LogP contribution in [0.2, 0.25) is 0 Å². The Morgan fingerprint density at radius 3 is 2.88 bits per heavy atom. The van der Waals surface area contributed by atoms with Crippen molar-refractivity contribution < 1.29 is 18.0 Å². The van der Waals surface area contributed by atoms with Gasteiger partial charge in [-0.1, -0.05) is 41.3 Å². The van der Waals surface area contributed by atoms with E-state index in [1.165, 1.54) is 11.8 Å². The van der Waals surface area contributed by atoms with Gasteiger partial charge < -0.3 is 10.2 Å². The molecule has 0 radical (unpaired) electrons. The van der Waals surface area contributed by atoms with Crippen LogP contribution < -0.4 is 10.2 Å². The van der Waals surface area contributed by atoms with Crippen LogP contribution in [0.3, 0.4) is 0 Å². The van der Waals surface area contributed by atoms with Crippen molar-refractivity contribution in [1.82, 2.24) is 10.2 Å². The number of halogens is 3. The second kappa shape index (κ2) is 7.43. The topological polar surface area (TPSA) is 58.1 Å². The van der Waals surface area contributed by atoms with Gasteiger partial charge >= 0.3 is 6.18 Å². The third kappa shape index (κ3) is 4.29. The van der Waals surface area contributed by atoms with Gasteiger partial charge in [-0.2, -0.15) is 13.2 Å². The van der Waals surface area contributed by atoms with Crippen molar-refractivity contribution in [3.05, 3.63) is 29.8 Å². The highest BCUT2D eigenvalue weighted by Gasteiger charge is 2.34. The molecule has 0 bridgehead atoms. The summed E-state index contributed by atoms with van der Waals surface area (Å²) in [5.74, 6) is -0.0487. The SMILES string of the molecule is CC(Sc1nnc(NCC(F)(F)F)s1)C(=O)N1c2ccccc2CC1C. The molecule has 0 fully saturated rings. The fourth-order valence-corrected chi connectivity index (χ4v) is 4.74. The number of hydrogen-bond acceptors (Lipinski definition) is 6. The molecule has 10 heteroatoms. The third-order valence-corrected chi connectivity index (χ3v) is 5.97. The first-order valence-corrected chi connectivity index (χ1v) is 9.66. The molecule has 2 atom stereocenters. The van der Waals surface area contributed by atoms with E-state index < -0.39 is 18.0 Å². The van der Waals surface area contributed by atoms with Gasteiger partial charge in [0.25, 0.3) is 0 Å². The standard InChI is InChI=1S/C16H17F3N4OS2/c1-9-7-11-5-3-4-6-12(11)23(9)13(24)10(2)25-15-22-21-14(26-15)20-8-16(17,18)19/h3-6,9-10H,7-8H2,1-2H3,(H,20,21). The van der Waals surface area contributed by atoms with Gasteiger partial charge in [-0.3, -0.25) is 4.79 Å². The van der Waals surface area contributed by atoms with Crippen LogP contribution in [0.5, 0.6) is 0 Å². The number of para-hydroxylation sites is 1. The Kier molecular flexibility index (Phi) is 5.42. The van der Waals surface area contributed by atoms with Gasteiger partial charge in [0, 0.05) is 11.7 Å². The van der Waals surface area contributed by atoms with Crippen molar-refractivity contribution in [2.24, 2.45) is 0 Å². The number of hydrogen-bond donors (Lipinski definition) is 1. The van der Waals surface area contributed by atoms with Crippen molar-refractivity contribution in [2.75, 3.05) is 16.8 Å². The number of anilines is 2. The quantitative estimate of drug-likeness (QED) is 0.767. The predicted molar refractivity (Wildman–Crippen MR) is 96.9 cm³/mol. The van der Waals surface area contributed by atoms with E-state index in [0.29, 0.717) is 4.34 Å². The van der Waals surface area contributed by atoms with E-state index in [4.69, 9.17) is 0 Å². The van der Waals surface area contributed by atoms with E-state index in [0.717, 1.165) is 29.0 Å². The summed E-state index contributed by atoms with van der Waals surface area (Å²) in [6.45, 7) is 2.60. The van der Waals surface area contributed by atoms with Gasteiger partial charge in [0.1, 0.15) is 6.54 Å². The minimum Gasteiger partial charge on any atom is -0.351 e. The number of thioether (sulfide) groups is 1. The number of amides is 1. The number of carbonyl (C=O) groups is 1. The van der Waals surface area contributed by atoms with E-state index in [2.05, 4.69) is 15.5 Å². The van der Waals surface area contributed by atoms with E-state index >= 15 is 0 Å². The molecule has 140 valence electrons. The maximum absolute atomic E-state index is 12.9. The molecule has 1 aromatic carbocycles. The number of rotatable bonds is 5. The van der Waals surface area contributed by atoms with Crippen LogP contribution in [0.4, 0.5) is 24.0 Å². The lowest BCUT2D eigenvalue weighted by Gasteiger charge is -2.25. The lowest BCUT2D eigenvalue weighted by molar-refractivity contribution is -0.118. The van der Waals surface area contributed by atoms with Crippen LogP contribution in [0, 0.1) is 0 Å². The Balaban J connectivity index is 1.64. The Morgan fingerprint density at radius 1 is 1.42 bits per heavy atom. The number of aromatic nitrogens is 2. The smallest absolute Gasteiger partial charge is 0.351 e. The zero-order valence-corrected chi connectivity index (χ0v) is 15.7. The highest BCUT2D eigenvalue weighted by Crippen LogP contribution is 2.36. The Bertz CT molecular complexity index is 796. The molecule has 1 aliphatic rings. The average Bonchev–Trinajstić information content (AvgIpc) is 3.14. The summed E-state index contributed by atoms with van der Waals surface area (Å²) in [6, 6.07) is 7.87. The summed E-state index contributed by atoms with van der Waals surface area (Å²) < 4.78 is 37.2. The van der Waals surface area contributed by atoms with E-state index in [9.17, 15) is 18.0 Å². The second-order valence-electron chi connectivity index (χ2n) is 5.99. The number of carbonyl (C=O) groups excluding carboxylic acids is 1. The molecule has 1 aromatic heterocycles. The fraction of sp³-hybridized carbons (Fsp3) is 0.438. The minimum atomic E-state index is -4.32. The first kappa shape index (κ1) is 19.0. The maximum atomic E-state index is 12.9. The molecule has 1 amide bonds. The summed E-state index contributed by atoms with van der Waals surface area (Å²) in [7, 11) is 0. The Hall–Kier alpha value is -1.81. The third-order valence-electron chi connectivity index (χ3n) is 3.92. The maximum Gasteiger partial charge on any atom is 0.405 e. The number of nitrogens with zero attached hydrogens (tertiary/aromatic N) is 3. The number of benzene rings is 1. The molecule has 2 heterocycles. The van der Waals surface area contributed by atoms with Crippen LogP contribution in [0.1, 0.15) is 19.4 Å². The van der Waals surface area contributed by atoms with Gasteiger partial charge in [0.05, 0.1) is 5.25 Å². The van der Waals surface area contributed by atoms with Gasteiger partial charge in [-0.15, -0.1) is 10.2 Å². The molecule has 0 aliphatic carbocycles. The van der Waals surface area contributed by atoms with Gasteiger partial charge in [-0.05, 0) is 31.9 Å². The molecule has 0 spiro atoms. The van der Waals surface area contributed by atoms with Crippen LogP contribution in [0.25, 0.3) is 0 Å². The second-order valence-corrected chi connectivity index (χ2v) is 8.56. The predicted octanol–water partition coefficient (Wildman–Crippen LogP) is 3.97. The van der Waals surface area contributed by atoms with Crippen molar-refractivity contribution in [1.29, 1.82) is 0 Å². The molecule has 3 rings (SSSR count). The van der Waals surface area contributed by atoms with Crippen LogP contribution in [-0.2, 0) is 11.2 Å². The minimum absolute atomic E-state index is 0.0487. The Morgan fingerprint density at radius 2 is 2.15 bits per heavy atom. The summed E-state index contributed by atoms with van der Waals surface area (Å²) >= 11 is 2.21.